The molecule has 1 aliphatic carbocycles. The van der Waals surface area contributed by atoms with E-state index in [0.29, 0.717) is 10.6 Å². The minimum absolute atomic E-state index is 0.0441. The molecule has 4 nitrogen and oxygen atoms in total. The molecule has 1 amide bonds. The van der Waals surface area contributed by atoms with Crippen molar-refractivity contribution in [2.24, 2.45) is 0 Å². The molecule has 1 aliphatic rings. The van der Waals surface area contributed by atoms with Gasteiger partial charge in [-0.2, -0.15) is 0 Å². The lowest BCUT2D eigenvalue weighted by atomic mass is 10.1. The molecule has 0 spiro atoms. The summed E-state index contributed by atoms with van der Waals surface area (Å²) >= 11 is 5.80. The number of hydrogen-bond acceptors (Lipinski definition) is 3. The van der Waals surface area contributed by atoms with Crippen LogP contribution in [-0.2, 0) is 0 Å². The number of phenolic OH excluding ortho intramolecular Hbond substituents is 1. The Hall–Kier alpha value is -2.11. The fraction of sp³-hybridized carbons (Fsp3) is 0.278. The normalized spacial score (nSPS) is 15.1. The number of carbonyl (C=O) groups excluding carboxylic acids is 1. The van der Waals surface area contributed by atoms with Crippen LogP contribution in [0.2, 0.25) is 5.02 Å². The molecule has 1 fully saturated rings. The van der Waals surface area contributed by atoms with E-state index in [1.807, 2.05) is 0 Å². The number of aliphatic hydroxyl groups is 1. The highest BCUT2D eigenvalue weighted by Gasteiger charge is 2.35. The van der Waals surface area contributed by atoms with Crippen molar-refractivity contribution < 1.29 is 19.4 Å². The van der Waals surface area contributed by atoms with Crippen molar-refractivity contribution in [1.82, 2.24) is 4.90 Å². The predicted molar refractivity (Wildman–Crippen MR) is 88.5 cm³/mol. The molecule has 0 bridgehead atoms. The minimum Gasteiger partial charge on any atom is -0.507 e. The summed E-state index contributed by atoms with van der Waals surface area (Å²) in [7, 11) is 0. The largest absolute Gasteiger partial charge is 0.507 e. The van der Waals surface area contributed by atoms with Crippen molar-refractivity contribution in [1.29, 1.82) is 0 Å². The first kappa shape index (κ1) is 16.7. The zero-order chi connectivity index (χ0) is 17.3. The molecule has 1 atom stereocenters. The van der Waals surface area contributed by atoms with Crippen molar-refractivity contribution in [3.63, 3.8) is 0 Å². The number of aromatic hydroxyl groups is 1. The van der Waals surface area contributed by atoms with Gasteiger partial charge in [-0.15, -0.1) is 0 Å². The second-order valence-electron chi connectivity index (χ2n) is 5.92. The highest BCUT2D eigenvalue weighted by molar-refractivity contribution is 6.30. The molecule has 24 heavy (non-hydrogen) atoms. The molecule has 0 aliphatic heterocycles. The van der Waals surface area contributed by atoms with Gasteiger partial charge in [0, 0.05) is 11.1 Å². The second kappa shape index (κ2) is 6.79. The van der Waals surface area contributed by atoms with E-state index in [1.165, 1.54) is 42.5 Å². The molecule has 0 saturated heterocycles. The maximum Gasteiger partial charge on any atom is 0.257 e. The van der Waals surface area contributed by atoms with E-state index in [0.717, 1.165) is 12.8 Å². The summed E-state index contributed by atoms with van der Waals surface area (Å²) in [6, 6.07) is 9.90. The highest BCUT2D eigenvalue weighted by Crippen LogP contribution is 2.32. The van der Waals surface area contributed by atoms with Crippen molar-refractivity contribution in [3.05, 3.63) is 64.4 Å². The summed E-state index contributed by atoms with van der Waals surface area (Å²) in [5, 5.41) is 20.7. The number of rotatable bonds is 5. The van der Waals surface area contributed by atoms with Crippen LogP contribution in [0.1, 0.15) is 34.9 Å². The Kier molecular flexibility index (Phi) is 4.73. The number of aliphatic hydroxyl groups excluding tert-OH is 1. The fourth-order valence-electron chi connectivity index (χ4n) is 2.60. The van der Waals surface area contributed by atoms with E-state index in [1.54, 1.807) is 4.90 Å². The number of benzene rings is 2. The zero-order valence-corrected chi connectivity index (χ0v) is 13.6. The average Bonchev–Trinajstić information content (AvgIpc) is 3.37. The van der Waals surface area contributed by atoms with E-state index in [4.69, 9.17) is 11.6 Å². The first-order valence-electron chi connectivity index (χ1n) is 7.68. The van der Waals surface area contributed by atoms with Crippen molar-refractivity contribution in [3.8, 4) is 5.75 Å². The van der Waals surface area contributed by atoms with Crippen LogP contribution in [0.5, 0.6) is 5.75 Å². The van der Waals surface area contributed by atoms with E-state index in [2.05, 4.69) is 0 Å². The van der Waals surface area contributed by atoms with E-state index >= 15 is 0 Å². The standard InChI is InChI=1S/C18H17ClFNO3/c19-12-3-8-15(16(22)9-12)18(24)21(14-6-7-14)10-17(23)11-1-4-13(20)5-2-11/h1-5,8-9,14,17,22-23H,6-7,10H2. The van der Waals surface area contributed by atoms with Gasteiger partial charge < -0.3 is 15.1 Å². The van der Waals surface area contributed by atoms with Gasteiger partial charge in [0.15, 0.2) is 0 Å². The third kappa shape index (κ3) is 3.68. The zero-order valence-electron chi connectivity index (χ0n) is 12.8. The molecule has 3 rings (SSSR count). The summed E-state index contributed by atoms with van der Waals surface area (Å²) in [5.74, 6) is -0.922. The van der Waals surface area contributed by atoms with Gasteiger partial charge in [-0.1, -0.05) is 23.7 Å². The van der Waals surface area contributed by atoms with Gasteiger partial charge in [0.2, 0.25) is 0 Å². The molecule has 2 N–H and O–H groups in total. The summed E-state index contributed by atoms with van der Waals surface area (Å²) in [5.41, 5.74) is 0.688. The average molecular weight is 350 g/mol. The third-order valence-electron chi connectivity index (χ3n) is 4.06. The molecular weight excluding hydrogens is 333 g/mol. The highest BCUT2D eigenvalue weighted by atomic mass is 35.5. The molecule has 0 radical (unpaired) electrons. The minimum atomic E-state index is -0.926. The van der Waals surface area contributed by atoms with Crippen LogP contribution in [0, 0.1) is 5.82 Å². The van der Waals surface area contributed by atoms with Gasteiger partial charge in [-0.25, -0.2) is 4.39 Å². The van der Waals surface area contributed by atoms with E-state index in [-0.39, 0.29) is 35.6 Å². The van der Waals surface area contributed by atoms with Gasteiger partial charge in [0.05, 0.1) is 18.2 Å². The molecule has 1 unspecified atom stereocenters. The number of halogens is 2. The third-order valence-corrected chi connectivity index (χ3v) is 4.30. The van der Waals surface area contributed by atoms with Crippen molar-refractivity contribution in [2.45, 2.75) is 25.0 Å². The first-order chi connectivity index (χ1) is 11.5. The second-order valence-corrected chi connectivity index (χ2v) is 6.35. The number of amides is 1. The SMILES string of the molecule is O=C(c1ccc(Cl)cc1O)N(CC(O)c1ccc(F)cc1)C1CC1. The molecule has 0 aromatic heterocycles. The van der Waals surface area contributed by atoms with Crippen LogP contribution in [0.3, 0.4) is 0 Å². The van der Waals surface area contributed by atoms with Gasteiger partial charge in [0.25, 0.3) is 5.91 Å². The molecule has 0 heterocycles. The van der Waals surface area contributed by atoms with Gasteiger partial charge in [0.1, 0.15) is 11.6 Å². The monoisotopic (exact) mass is 349 g/mol. The van der Waals surface area contributed by atoms with Crippen LogP contribution >= 0.6 is 11.6 Å². The molecule has 1 saturated carbocycles. The summed E-state index contributed by atoms with van der Waals surface area (Å²) in [6.07, 6.45) is 0.788. The Morgan fingerprint density at radius 1 is 1.25 bits per heavy atom. The van der Waals surface area contributed by atoms with E-state index < -0.39 is 6.10 Å². The van der Waals surface area contributed by atoms with Gasteiger partial charge >= 0.3 is 0 Å². The Balaban J connectivity index is 1.79. The van der Waals surface area contributed by atoms with Crippen LogP contribution in [-0.4, -0.2) is 33.6 Å². The Morgan fingerprint density at radius 2 is 1.92 bits per heavy atom. The Morgan fingerprint density at radius 3 is 2.50 bits per heavy atom. The van der Waals surface area contributed by atoms with Crippen LogP contribution in [0.4, 0.5) is 4.39 Å². The predicted octanol–water partition coefficient (Wildman–Crippen LogP) is 3.52. The molecule has 2 aromatic carbocycles. The lowest BCUT2D eigenvalue weighted by Gasteiger charge is -2.26. The number of hydrogen-bond donors (Lipinski definition) is 2. The lowest BCUT2D eigenvalue weighted by Crippen LogP contribution is -2.36. The smallest absolute Gasteiger partial charge is 0.257 e. The number of carbonyl (C=O) groups is 1. The van der Waals surface area contributed by atoms with Gasteiger partial charge in [-0.05, 0) is 48.7 Å². The fourth-order valence-corrected chi connectivity index (χ4v) is 2.77. The van der Waals surface area contributed by atoms with Crippen LogP contribution < -0.4 is 0 Å². The lowest BCUT2D eigenvalue weighted by molar-refractivity contribution is 0.0600. The Bertz CT molecular complexity index is 746. The van der Waals surface area contributed by atoms with Crippen LogP contribution in [0.25, 0.3) is 0 Å². The summed E-state index contributed by atoms with van der Waals surface area (Å²) < 4.78 is 13.0. The quantitative estimate of drug-likeness (QED) is 0.868. The molecule has 6 heteroatoms. The van der Waals surface area contributed by atoms with Crippen molar-refractivity contribution >= 4 is 17.5 Å². The number of nitrogens with zero attached hydrogens (tertiary/aromatic N) is 1. The molecular formula is C18H17ClFNO3. The maximum atomic E-state index is 13.0. The Labute approximate surface area is 144 Å². The van der Waals surface area contributed by atoms with Crippen molar-refractivity contribution in [2.75, 3.05) is 6.54 Å². The van der Waals surface area contributed by atoms with E-state index in [9.17, 15) is 19.4 Å². The summed E-state index contributed by atoms with van der Waals surface area (Å²) in [4.78, 5) is 14.3. The van der Waals surface area contributed by atoms with Crippen LogP contribution in [0.15, 0.2) is 42.5 Å². The maximum absolute atomic E-state index is 13.0. The number of phenols is 1. The topological polar surface area (TPSA) is 60.8 Å². The molecule has 2 aromatic rings. The van der Waals surface area contributed by atoms with Gasteiger partial charge in [-0.3, -0.25) is 4.79 Å². The summed E-state index contributed by atoms with van der Waals surface area (Å²) in [6.45, 7) is 0.0806. The molecule has 126 valence electrons. The first-order valence-corrected chi connectivity index (χ1v) is 8.06.